The molecule has 0 amide bonds. The summed E-state index contributed by atoms with van der Waals surface area (Å²) >= 11 is 0. The Morgan fingerprint density at radius 3 is 2.15 bits per heavy atom. The van der Waals surface area contributed by atoms with Gasteiger partial charge in [0, 0.05) is 12.7 Å². The van der Waals surface area contributed by atoms with Gasteiger partial charge in [-0.3, -0.25) is 0 Å². The Morgan fingerprint density at radius 1 is 1.38 bits per heavy atom. The molecule has 0 aromatic heterocycles. The molecule has 1 N–H and O–H groups in total. The van der Waals surface area contributed by atoms with E-state index in [4.69, 9.17) is 0 Å². The van der Waals surface area contributed by atoms with Crippen molar-refractivity contribution in [1.29, 1.82) is 0 Å². The number of nitrogens with one attached hydrogen (secondary N) is 1. The largest absolute Gasteiger partial charge is 0.388 e. The third kappa shape index (κ3) is 2.36. The average Bonchev–Trinajstić information content (AvgIpc) is 2.80. The molecule has 0 saturated heterocycles. The minimum atomic E-state index is 0.272. The van der Waals surface area contributed by atoms with Crippen LogP contribution in [0.5, 0.6) is 0 Å². The monoisotopic (exact) mass is 179 g/mol. The van der Waals surface area contributed by atoms with Crippen LogP contribution in [0.3, 0.4) is 0 Å². The molecule has 0 radical (unpaired) electrons. The fraction of sp³-hybridized carbons (Fsp3) is 0.667. The SMILES string of the molecule is C=C/C(NC)=C(/C1CC1)C(C)(C)C. The highest BCUT2D eigenvalue weighted by atomic mass is 14.8. The second-order valence-electron chi connectivity index (χ2n) is 4.81. The first-order chi connectivity index (χ1) is 6.00. The first kappa shape index (κ1) is 10.4. The minimum absolute atomic E-state index is 0.272. The minimum Gasteiger partial charge on any atom is -0.388 e. The summed E-state index contributed by atoms with van der Waals surface area (Å²) in [5.74, 6) is 0.806. The molecule has 1 nitrogen and oxygen atoms in total. The summed E-state index contributed by atoms with van der Waals surface area (Å²) < 4.78 is 0. The smallest absolute Gasteiger partial charge is 0.0331 e. The normalized spacial score (nSPS) is 19.4. The fourth-order valence-corrected chi connectivity index (χ4v) is 1.95. The van der Waals surface area contributed by atoms with E-state index in [-0.39, 0.29) is 5.41 Å². The first-order valence-electron chi connectivity index (χ1n) is 5.05. The van der Waals surface area contributed by atoms with Gasteiger partial charge in [0.25, 0.3) is 0 Å². The molecule has 1 aliphatic rings. The molecule has 1 heteroatoms. The standard InChI is InChI=1S/C12H21N/c1-6-10(13-5)11(9-7-8-9)12(2,3)4/h6,9,13H,1,7-8H2,2-5H3/b11-10+. The second-order valence-corrected chi connectivity index (χ2v) is 4.81. The van der Waals surface area contributed by atoms with Crippen LogP contribution in [0.25, 0.3) is 0 Å². The van der Waals surface area contributed by atoms with E-state index in [2.05, 4.69) is 32.7 Å². The summed E-state index contributed by atoms with van der Waals surface area (Å²) in [5.41, 5.74) is 3.05. The highest BCUT2D eigenvalue weighted by Crippen LogP contribution is 2.46. The molecule has 0 atom stereocenters. The van der Waals surface area contributed by atoms with Crippen molar-refractivity contribution in [3.05, 3.63) is 23.9 Å². The van der Waals surface area contributed by atoms with E-state index in [1.807, 2.05) is 13.1 Å². The van der Waals surface area contributed by atoms with Gasteiger partial charge in [0.1, 0.15) is 0 Å². The van der Waals surface area contributed by atoms with Crippen molar-refractivity contribution in [2.45, 2.75) is 33.6 Å². The van der Waals surface area contributed by atoms with Crippen molar-refractivity contribution in [3.8, 4) is 0 Å². The van der Waals surface area contributed by atoms with Gasteiger partial charge in [-0.15, -0.1) is 0 Å². The van der Waals surface area contributed by atoms with Crippen LogP contribution >= 0.6 is 0 Å². The van der Waals surface area contributed by atoms with Gasteiger partial charge < -0.3 is 5.32 Å². The third-order valence-corrected chi connectivity index (χ3v) is 2.56. The van der Waals surface area contributed by atoms with E-state index in [0.29, 0.717) is 0 Å². The van der Waals surface area contributed by atoms with Crippen LogP contribution in [0, 0.1) is 11.3 Å². The molecule has 13 heavy (non-hydrogen) atoms. The van der Waals surface area contributed by atoms with Gasteiger partial charge in [-0.2, -0.15) is 0 Å². The van der Waals surface area contributed by atoms with E-state index in [0.717, 1.165) is 5.92 Å². The molecular weight excluding hydrogens is 158 g/mol. The lowest BCUT2D eigenvalue weighted by atomic mass is 9.82. The molecule has 1 fully saturated rings. The summed E-state index contributed by atoms with van der Waals surface area (Å²) in [5, 5.41) is 3.24. The van der Waals surface area contributed by atoms with Crippen LogP contribution in [-0.4, -0.2) is 7.05 Å². The zero-order chi connectivity index (χ0) is 10.1. The van der Waals surface area contributed by atoms with Gasteiger partial charge in [0.05, 0.1) is 0 Å². The molecule has 74 valence electrons. The zero-order valence-electron chi connectivity index (χ0n) is 9.28. The predicted molar refractivity (Wildman–Crippen MR) is 58.5 cm³/mol. The summed E-state index contributed by atoms with van der Waals surface area (Å²) in [4.78, 5) is 0. The molecule has 0 spiro atoms. The van der Waals surface area contributed by atoms with Crippen LogP contribution in [0.1, 0.15) is 33.6 Å². The molecule has 1 rings (SSSR count). The van der Waals surface area contributed by atoms with Gasteiger partial charge in [-0.05, 0) is 35.8 Å². The number of rotatable bonds is 3. The molecule has 0 unspecified atom stereocenters. The van der Waals surface area contributed by atoms with E-state index < -0.39 is 0 Å². The maximum absolute atomic E-state index is 3.86. The van der Waals surface area contributed by atoms with Crippen molar-refractivity contribution in [2.24, 2.45) is 11.3 Å². The van der Waals surface area contributed by atoms with Crippen LogP contribution < -0.4 is 5.32 Å². The summed E-state index contributed by atoms with van der Waals surface area (Å²) in [6.45, 7) is 10.7. The lowest BCUT2D eigenvalue weighted by Gasteiger charge is -2.26. The average molecular weight is 179 g/mol. The van der Waals surface area contributed by atoms with E-state index in [1.165, 1.54) is 18.5 Å². The van der Waals surface area contributed by atoms with Crippen molar-refractivity contribution in [3.63, 3.8) is 0 Å². The summed E-state index contributed by atoms with van der Waals surface area (Å²) in [7, 11) is 1.98. The van der Waals surface area contributed by atoms with Crippen molar-refractivity contribution in [2.75, 3.05) is 7.05 Å². The maximum Gasteiger partial charge on any atom is 0.0331 e. The van der Waals surface area contributed by atoms with Crippen molar-refractivity contribution in [1.82, 2.24) is 5.32 Å². The van der Waals surface area contributed by atoms with Crippen molar-refractivity contribution < 1.29 is 0 Å². The Balaban J connectivity index is 3.01. The van der Waals surface area contributed by atoms with Gasteiger partial charge in [-0.1, -0.05) is 27.4 Å². The third-order valence-electron chi connectivity index (χ3n) is 2.56. The molecule has 0 aliphatic heterocycles. The van der Waals surface area contributed by atoms with Gasteiger partial charge in [0.15, 0.2) is 0 Å². The Morgan fingerprint density at radius 2 is 1.92 bits per heavy atom. The van der Waals surface area contributed by atoms with Crippen LogP contribution in [-0.2, 0) is 0 Å². The number of hydrogen-bond acceptors (Lipinski definition) is 1. The topological polar surface area (TPSA) is 12.0 Å². The molecule has 0 bridgehead atoms. The van der Waals surface area contributed by atoms with Crippen LogP contribution in [0.15, 0.2) is 23.9 Å². The Bertz CT molecular complexity index is 226. The van der Waals surface area contributed by atoms with Crippen molar-refractivity contribution >= 4 is 0 Å². The first-order valence-corrected chi connectivity index (χ1v) is 5.05. The van der Waals surface area contributed by atoms with Crippen LogP contribution in [0.2, 0.25) is 0 Å². The molecule has 0 aromatic carbocycles. The lowest BCUT2D eigenvalue weighted by Crippen LogP contribution is -2.18. The zero-order valence-corrected chi connectivity index (χ0v) is 9.28. The second kappa shape index (κ2) is 3.57. The molecule has 1 aliphatic carbocycles. The van der Waals surface area contributed by atoms with Gasteiger partial charge in [-0.25, -0.2) is 0 Å². The Kier molecular flexibility index (Phi) is 2.84. The number of hydrogen-bond donors (Lipinski definition) is 1. The van der Waals surface area contributed by atoms with Crippen LogP contribution in [0.4, 0.5) is 0 Å². The molecular formula is C12H21N. The van der Waals surface area contributed by atoms with E-state index in [9.17, 15) is 0 Å². The highest BCUT2D eigenvalue weighted by molar-refractivity contribution is 5.31. The van der Waals surface area contributed by atoms with E-state index >= 15 is 0 Å². The maximum atomic E-state index is 3.86. The lowest BCUT2D eigenvalue weighted by molar-refractivity contribution is 0.467. The molecule has 0 aromatic rings. The summed E-state index contributed by atoms with van der Waals surface area (Å²) in [6, 6.07) is 0. The fourth-order valence-electron chi connectivity index (χ4n) is 1.95. The Hall–Kier alpha value is -0.720. The Labute approximate surface area is 81.9 Å². The quantitative estimate of drug-likeness (QED) is 0.656. The highest BCUT2D eigenvalue weighted by Gasteiger charge is 2.34. The van der Waals surface area contributed by atoms with Gasteiger partial charge >= 0.3 is 0 Å². The van der Waals surface area contributed by atoms with Gasteiger partial charge in [0.2, 0.25) is 0 Å². The van der Waals surface area contributed by atoms with E-state index in [1.54, 1.807) is 5.57 Å². The molecule has 1 saturated carbocycles. The predicted octanol–water partition coefficient (Wildman–Crippen LogP) is 3.10. The number of allylic oxidation sites excluding steroid dienone is 2. The number of likely N-dealkylation sites (N-methyl/N-ethyl adjacent to an activating group) is 1. The molecule has 0 heterocycles. The summed E-state index contributed by atoms with van der Waals surface area (Å²) in [6.07, 6.45) is 4.65.